The van der Waals surface area contributed by atoms with Crippen molar-refractivity contribution in [1.29, 1.82) is 0 Å². The van der Waals surface area contributed by atoms with Crippen molar-refractivity contribution in [2.45, 2.75) is 25.9 Å². The van der Waals surface area contributed by atoms with Crippen LogP contribution in [0.3, 0.4) is 0 Å². The van der Waals surface area contributed by atoms with Gasteiger partial charge in [-0.3, -0.25) is 0 Å². The van der Waals surface area contributed by atoms with Crippen molar-refractivity contribution >= 4 is 0 Å². The number of rotatable bonds is 3. The number of hydrogen-bond donors (Lipinski definition) is 0. The van der Waals surface area contributed by atoms with Crippen molar-refractivity contribution in [1.82, 2.24) is 0 Å². The van der Waals surface area contributed by atoms with Crippen LogP contribution in [-0.4, -0.2) is 0 Å². The molecule has 0 aromatic heterocycles. The zero-order valence-corrected chi connectivity index (χ0v) is 9.86. The van der Waals surface area contributed by atoms with E-state index in [4.69, 9.17) is 4.74 Å². The minimum Gasteiger partial charge on any atom is -0.489 e. The van der Waals surface area contributed by atoms with Gasteiger partial charge in [0.2, 0.25) is 0 Å². The van der Waals surface area contributed by atoms with Crippen molar-refractivity contribution in [3.63, 3.8) is 0 Å². The van der Waals surface area contributed by atoms with Gasteiger partial charge in [-0.15, -0.1) is 0 Å². The molecule has 0 saturated carbocycles. The van der Waals surface area contributed by atoms with E-state index in [1.165, 1.54) is 36.0 Å². The first-order valence-corrected chi connectivity index (χ1v) is 6.20. The smallest absolute Gasteiger partial charge is 0.119 e. The largest absolute Gasteiger partial charge is 0.489 e. The lowest BCUT2D eigenvalue weighted by Crippen LogP contribution is -1.96. The minimum atomic E-state index is 0.664. The van der Waals surface area contributed by atoms with E-state index in [0.29, 0.717) is 6.61 Å². The highest BCUT2D eigenvalue weighted by Gasteiger charge is 2.10. The Hall–Kier alpha value is -1.76. The first kappa shape index (κ1) is 10.4. The van der Waals surface area contributed by atoms with E-state index < -0.39 is 0 Å². The first-order valence-electron chi connectivity index (χ1n) is 6.20. The van der Waals surface area contributed by atoms with E-state index in [1.54, 1.807) is 0 Å². The predicted molar refractivity (Wildman–Crippen MR) is 69.2 cm³/mol. The van der Waals surface area contributed by atoms with Gasteiger partial charge < -0.3 is 4.74 Å². The Kier molecular flexibility index (Phi) is 2.83. The fraction of sp³-hybridized carbons (Fsp3) is 0.250. The van der Waals surface area contributed by atoms with Gasteiger partial charge in [0.25, 0.3) is 0 Å². The highest BCUT2D eigenvalue weighted by molar-refractivity contribution is 5.35. The highest BCUT2D eigenvalue weighted by Crippen LogP contribution is 2.23. The van der Waals surface area contributed by atoms with E-state index in [0.717, 1.165) is 5.75 Å². The van der Waals surface area contributed by atoms with Crippen LogP contribution in [0.15, 0.2) is 48.5 Å². The summed E-state index contributed by atoms with van der Waals surface area (Å²) in [5.41, 5.74) is 4.31. The van der Waals surface area contributed by atoms with Crippen molar-refractivity contribution in [3.05, 3.63) is 65.2 Å². The average Bonchev–Trinajstić information content (AvgIpc) is 2.85. The standard InChI is InChI=1S/C16H16O/c1-2-7-16(8-3-1)17-12-13-9-10-14-5-4-6-15(14)11-13/h1-3,7-11H,4-6,12H2. The molecule has 0 heterocycles. The number of fused-ring (bicyclic) bond motifs is 1. The summed E-state index contributed by atoms with van der Waals surface area (Å²) >= 11 is 0. The molecule has 1 heteroatoms. The molecule has 86 valence electrons. The zero-order valence-electron chi connectivity index (χ0n) is 9.86. The lowest BCUT2D eigenvalue weighted by molar-refractivity contribution is 0.306. The molecule has 0 saturated heterocycles. The lowest BCUT2D eigenvalue weighted by atomic mass is 10.1. The number of para-hydroxylation sites is 1. The minimum absolute atomic E-state index is 0.664. The molecule has 2 aromatic rings. The van der Waals surface area contributed by atoms with Crippen LogP contribution in [0.5, 0.6) is 5.75 Å². The molecular weight excluding hydrogens is 208 g/mol. The van der Waals surface area contributed by atoms with Crippen LogP contribution in [-0.2, 0) is 19.4 Å². The Bertz CT molecular complexity index is 502. The number of benzene rings is 2. The van der Waals surface area contributed by atoms with Crippen LogP contribution in [0.4, 0.5) is 0 Å². The van der Waals surface area contributed by atoms with Crippen LogP contribution in [0.1, 0.15) is 23.1 Å². The molecule has 0 N–H and O–H groups in total. The van der Waals surface area contributed by atoms with Gasteiger partial charge >= 0.3 is 0 Å². The molecule has 17 heavy (non-hydrogen) atoms. The van der Waals surface area contributed by atoms with Gasteiger partial charge in [-0.2, -0.15) is 0 Å². The molecule has 0 unspecified atom stereocenters. The van der Waals surface area contributed by atoms with Crippen molar-refractivity contribution in [2.75, 3.05) is 0 Å². The summed E-state index contributed by atoms with van der Waals surface area (Å²) in [7, 11) is 0. The van der Waals surface area contributed by atoms with E-state index >= 15 is 0 Å². The molecule has 0 atom stereocenters. The number of aryl methyl sites for hydroxylation is 2. The Labute approximate surface area is 102 Å². The number of hydrogen-bond acceptors (Lipinski definition) is 1. The maximum absolute atomic E-state index is 5.75. The van der Waals surface area contributed by atoms with Gasteiger partial charge in [0, 0.05) is 0 Å². The molecule has 3 rings (SSSR count). The third-order valence-electron chi connectivity index (χ3n) is 3.31. The summed E-state index contributed by atoms with van der Waals surface area (Å²) in [6, 6.07) is 16.7. The Balaban J connectivity index is 1.70. The van der Waals surface area contributed by atoms with Crippen LogP contribution in [0.25, 0.3) is 0 Å². The second kappa shape index (κ2) is 4.62. The molecule has 1 aliphatic rings. The van der Waals surface area contributed by atoms with E-state index in [2.05, 4.69) is 18.2 Å². The predicted octanol–water partition coefficient (Wildman–Crippen LogP) is 3.75. The van der Waals surface area contributed by atoms with Crippen molar-refractivity contribution in [2.24, 2.45) is 0 Å². The monoisotopic (exact) mass is 224 g/mol. The maximum atomic E-state index is 5.75. The first-order chi connectivity index (χ1) is 8.42. The van der Waals surface area contributed by atoms with Gasteiger partial charge in [0.05, 0.1) is 0 Å². The summed E-state index contributed by atoms with van der Waals surface area (Å²) in [6.07, 6.45) is 3.78. The van der Waals surface area contributed by atoms with Gasteiger partial charge in [0.1, 0.15) is 12.4 Å². The van der Waals surface area contributed by atoms with Gasteiger partial charge in [-0.25, -0.2) is 0 Å². The number of ether oxygens (including phenoxy) is 1. The van der Waals surface area contributed by atoms with Crippen molar-refractivity contribution < 1.29 is 4.74 Å². The molecule has 0 fully saturated rings. The molecule has 0 aliphatic heterocycles. The Morgan fingerprint density at radius 2 is 1.71 bits per heavy atom. The van der Waals surface area contributed by atoms with E-state index in [9.17, 15) is 0 Å². The highest BCUT2D eigenvalue weighted by atomic mass is 16.5. The SMILES string of the molecule is c1ccc(OCc2ccc3c(c2)CCC3)cc1. The van der Waals surface area contributed by atoms with E-state index in [-0.39, 0.29) is 0 Å². The van der Waals surface area contributed by atoms with Gasteiger partial charge in [-0.1, -0.05) is 36.4 Å². The second-order valence-corrected chi connectivity index (χ2v) is 4.56. The van der Waals surface area contributed by atoms with Crippen LogP contribution < -0.4 is 4.74 Å². The molecule has 1 nitrogen and oxygen atoms in total. The fourth-order valence-electron chi connectivity index (χ4n) is 2.40. The summed E-state index contributed by atoms with van der Waals surface area (Å²) in [6.45, 7) is 0.664. The van der Waals surface area contributed by atoms with Crippen molar-refractivity contribution in [3.8, 4) is 5.75 Å². The summed E-state index contributed by atoms with van der Waals surface area (Å²) in [5.74, 6) is 0.938. The zero-order chi connectivity index (χ0) is 11.5. The quantitative estimate of drug-likeness (QED) is 0.771. The third kappa shape index (κ3) is 2.33. The summed E-state index contributed by atoms with van der Waals surface area (Å²) in [5, 5.41) is 0. The Morgan fingerprint density at radius 1 is 0.882 bits per heavy atom. The maximum Gasteiger partial charge on any atom is 0.119 e. The van der Waals surface area contributed by atoms with Crippen LogP contribution in [0.2, 0.25) is 0 Å². The molecule has 0 radical (unpaired) electrons. The summed E-state index contributed by atoms with van der Waals surface area (Å²) in [4.78, 5) is 0. The lowest BCUT2D eigenvalue weighted by Gasteiger charge is -2.07. The average molecular weight is 224 g/mol. The molecule has 2 aromatic carbocycles. The fourth-order valence-corrected chi connectivity index (χ4v) is 2.40. The normalized spacial score (nSPS) is 13.4. The third-order valence-corrected chi connectivity index (χ3v) is 3.31. The van der Waals surface area contributed by atoms with E-state index in [1.807, 2.05) is 30.3 Å². The van der Waals surface area contributed by atoms with Gasteiger partial charge in [-0.05, 0) is 48.1 Å². The van der Waals surface area contributed by atoms with Crippen LogP contribution >= 0.6 is 0 Å². The second-order valence-electron chi connectivity index (χ2n) is 4.56. The topological polar surface area (TPSA) is 9.23 Å². The molecule has 0 amide bonds. The molecule has 0 spiro atoms. The Morgan fingerprint density at radius 3 is 2.59 bits per heavy atom. The van der Waals surface area contributed by atoms with Crippen LogP contribution in [0, 0.1) is 0 Å². The summed E-state index contributed by atoms with van der Waals surface area (Å²) < 4.78 is 5.75. The molecule has 1 aliphatic carbocycles. The van der Waals surface area contributed by atoms with Gasteiger partial charge in [0.15, 0.2) is 0 Å². The molecule has 0 bridgehead atoms. The molecular formula is C16H16O.